The van der Waals surface area contributed by atoms with Crippen LogP contribution in [-0.2, 0) is 0 Å². The molecule has 0 heterocycles. The molecule has 0 unspecified atom stereocenters. The molecule has 0 bridgehead atoms. The smallest absolute Gasteiger partial charge is 0.0252 e. The van der Waals surface area contributed by atoms with Gasteiger partial charge in [0.15, 0.2) is 0 Å². The van der Waals surface area contributed by atoms with Gasteiger partial charge in [-0.2, -0.15) is 0 Å². The lowest BCUT2D eigenvalue weighted by molar-refractivity contribution is 0.766. The van der Waals surface area contributed by atoms with Gasteiger partial charge in [-0.3, -0.25) is 4.99 Å². The van der Waals surface area contributed by atoms with E-state index in [1.54, 1.807) is 6.20 Å². The van der Waals surface area contributed by atoms with E-state index in [0.29, 0.717) is 5.92 Å². The molecule has 0 spiro atoms. The van der Waals surface area contributed by atoms with Crippen molar-refractivity contribution in [1.29, 1.82) is 0 Å². The van der Waals surface area contributed by atoms with Crippen LogP contribution in [0.25, 0.3) is 0 Å². The van der Waals surface area contributed by atoms with E-state index in [1.807, 2.05) is 0 Å². The second-order valence-corrected chi connectivity index (χ2v) is 2.21. The van der Waals surface area contributed by atoms with Crippen molar-refractivity contribution in [3.05, 3.63) is 24.9 Å². The van der Waals surface area contributed by atoms with Gasteiger partial charge in [0, 0.05) is 6.20 Å². The zero-order valence-electron chi connectivity index (χ0n) is 7.22. The van der Waals surface area contributed by atoms with Crippen molar-refractivity contribution < 1.29 is 0 Å². The average Bonchev–Trinajstić information content (AvgIpc) is 1.93. The Bertz CT molecular complexity index is 112. The summed E-state index contributed by atoms with van der Waals surface area (Å²) in [4.78, 5) is 3.64. The second kappa shape index (κ2) is 8.15. The SMILES string of the molecule is C=C.C=N/C=C(\C)C(C)C. The van der Waals surface area contributed by atoms with Crippen molar-refractivity contribution >= 4 is 6.72 Å². The highest BCUT2D eigenvalue weighted by atomic mass is 14.6. The van der Waals surface area contributed by atoms with E-state index in [0.717, 1.165) is 0 Å². The lowest BCUT2D eigenvalue weighted by Crippen LogP contribution is -1.86. The highest BCUT2D eigenvalue weighted by Gasteiger charge is 1.91. The number of nitrogens with zero attached hydrogens (tertiary/aromatic N) is 1. The molecule has 0 aromatic heterocycles. The van der Waals surface area contributed by atoms with Gasteiger partial charge in [0.05, 0.1) is 0 Å². The van der Waals surface area contributed by atoms with Crippen molar-refractivity contribution in [3.63, 3.8) is 0 Å². The molecular weight excluding hydrogens is 122 g/mol. The van der Waals surface area contributed by atoms with Crippen LogP contribution < -0.4 is 0 Å². The van der Waals surface area contributed by atoms with E-state index < -0.39 is 0 Å². The summed E-state index contributed by atoms with van der Waals surface area (Å²) in [7, 11) is 0. The molecule has 0 saturated carbocycles. The molecule has 1 heteroatoms. The van der Waals surface area contributed by atoms with Crippen LogP contribution >= 0.6 is 0 Å². The number of hydrogen-bond acceptors (Lipinski definition) is 1. The minimum atomic E-state index is 0.598. The quantitative estimate of drug-likeness (QED) is 0.412. The molecule has 0 aromatic carbocycles. The third kappa shape index (κ3) is 7.15. The lowest BCUT2D eigenvalue weighted by atomic mass is 10.1. The van der Waals surface area contributed by atoms with E-state index in [2.05, 4.69) is 45.6 Å². The topological polar surface area (TPSA) is 12.4 Å². The normalized spacial score (nSPS) is 10.2. The summed E-state index contributed by atoms with van der Waals surface area (Å²) in [6.07, 6.45) is 1.80. The number of allylic oxidation sites excluding steroid dienone is 1. The van der Waals surface area contributed by atoms with Gasteiger partial charge in [-0.05, 0) is 19.6 Å². The zero-order chi connectivity index (χ0) is 8.57. The van der Waals surface area contributed by atoms with E-state index in [9.17, 15) is 0 Å². The summed E-state index contributed by atoms with van der Waals surface area (Å²) in [6.45, 7) is 15.7. The molecule has 1 nitrogen and oxygen atoms in total. The number of rotatable bonds is 2. The van der Waals surface area contributed by atoms with Crippen LogP contribution in [-0.4, -0.2) is 6.72 Å². The van der Waals surface area contributed by atoms with Gasteiger partial charge in [-0.1, -0.05) is 19.4 Å². The first kappa shape index (κ1) is 11.9. The number of hydrogen-bond donors (Lipinski definition) is 0. The standard InChI is InChI=1S/C7H13N.C2H4/c1-6(2)7(3)5-8-4;1-2/h5-6H,4H2,1-3H3;1-2H2/b7-5+;. The third-order valence-electron chi connectivity index (χ3n) is 1.21. The second-order valence-electron chi connectivity index (χ2n) is 2.21. The molecular formula is C9H17N. The predicted octanol–water partition coefficient (Wildman–Crippen LogP) is 3.05. The van der Waals surface area contributed by atoms with Crippen LogP contribution in [0, 0.1) is 5.92 Å². The Kier molecular flexibility index (Phi) is 9.69. The van der Waals surface area contributed by atoms with E-state index in [4.69, 9.17) is 0 Å². The van der Waals surface area contributed by atoms with Crippen molar-refractivity contribution in [1.82, 2.24) is 0 Å². The molecule has 0 aromatic rings. The maximum absolute atomic E-state index is 3.64. The molecule has 0 aliphatic heterocycles. The Morgan fingerprint density at radius 2 is 1.80 bits per heavy atom. The Balaban J connectivity index is 0. The zero-order valence-corrected chi connectivity index (χ0v) is 7.22. The fourth-order valence-electron chi connectivity index (χ4n) is 0.293. The highest BCUT2D eigenvalue weighted by Crippen LogP contribution is 2.06. The molecule has 0 amide bonds. The van der Waals surface area contributed by atoms with Crippen molar-refractivity contribution in [2.45, 2.75) is 20.8 Å². The minimum absolute atomic E-state index is 0.598. The minimum Gasteiger partial charge on any atom is -0.273 e. The Hall–Kier alpha value is -0.850. The van der Waals surface area contributed by atoms with Crippen LogP contribution in [0.2, 0.25) is 0 Å². The largest absolute Gasteiger partial charge is 0.273 e. The Morgan fingerprint density at radius 3 is 1.90 bits per heavy atom. The summed E-state index contributed by atoms with van der Waals surface area (Å²) >= 11 is 0. The van der Waals surface area contributed by atoms with Gasteiger partial charge in [0.25, 0.3) is 0 Å². The molecule has 0 aliphatic carbocycles. The molecule has 0 radical (unpaired) electrons. The summed E-state index contributed by atoms with van der Waals surface area (Å²) < 4.78 is 0. The first-order chi connectivity index (χ1) is 4.68. The number of aliphatic imine (C=N–C) groups is 1. The molecule has 0 atom stereocenters. The Morgan fingerprint density at radius 1 is 1.40 bits per heavy atom. The van der Waals surface area contributed by atoms with Crippen LogP contribution in [0.5, 0.6) is 0 Å². The summed E-state index contributed by atoms with van der Waals surface area (Å²) in [5.74, 6) is 0.598. The van der Waals surface area contributed by atoms with Crippen LogP contribution in [0.1, 0.15) is 20.8 Å². The lowest BCUT2D eigenvalue weighted by Gasteiger charge is -2.00. The fraction of sp³-hybridized carbons (Fsp3) is 0.444. The van der Waals surface area contributed by atoms with Gasteiger partial charge in [-0.15, -0.1) is 13.2 Å². The first-order valence-electron chi connectivity index (χ1n) is 3.31. The molecule has 0 saturated heterocycles. The molecule has 10 heavy (non-hydrogen) atoms. The molecule has 0 aliphatic rings. The van der Waals surface area contributed by atoms with Crippen molar-refractivity contribution in [2.75, 3.05) is 0 Å². The Labute approximate surface area is 64.2 Å². The predicted molar refractivity (Wildman–Crippen MR) is 49.4 cm³/mol. The summed E-state index contributed by atoms with van der Waals surface area (Å²) in [5, 5.41) is 0. The molecule has 58 valence electrons. The van der Waals surface area contributed by atoms with Crippen molar-refractivity contribution in [2.24, 2.45) is 10.9 Å². The molecule has 0 fully saturated rings. The third-order valence-corrected chi connectivity index (χ3v) is 1.21. The van der Waals surface area contributed by atoms with Crippen LogP contribution in [0.4, 0.5) is 0 Å². The summed E-state index contributed by atoms with van der Waals surface area (Å²) in [5.41, 5.74) is 1.28. The van der Waals surface area contributed by atoms with E-state index in [1.165, 1.54) is 5.57 Å². The fourth-order valence-corrected chi connectivity index (χ4v) is 0.293. The van der Waals surface area contributed by atoms with Gasteiger partial charge in [-0.25, -0.2) is 0 Å². The van der Waals surface area contributed by atoms with Crippen molar-refractivity contribution in [3.8, 4) is 0 Å². The van der Waals surface area contributed by atoms with E-state index >= 15 is 0 Å². The highest BCUT2D eigenvalue weighted by molar-refractivity contribution is 5.26. The van der Waals surface area contributed by atoms with Gasteiger partial charge >= 0.3 is 0 Å². The van der Waals surface area contributed by atoms with Gasteiger partial charge in [0.1, 0.15) is 0 Å². The molecule has 0 N–H and O–H groups in total. The van der Waals surface area contributed by atoms with Crippen LogP contribution in [0.15, 0.2) is 29.9 Å². The summed E-state index contributed by atoms with van der Waals surface area (Å²) in [6, 6.07) is 0. The maximum atomic E-state index is 3.64. The van der Waals surface area contributed by atoms with Gasteiger partial charge in [0.2, 0.25) is 0 Å². The van der Waals surface area contributed by atoms with E-state index in [-0.39, 0.29) is 0 Å². The average molecular weight is 139 g/mol. The maximum Gasteiger partial charge on any atom is 0.0252 e. The monoisotopic (exact) mass is 139 g/mol. The van der Waals surface area contributed by atoms with Crippen LogP contribution in [0.3, 0.4) is 0 Å². The first-order valence-corrected chi connectivity index (χ1v) is 3.31. The van der Waals surface area contributed by atoms with Gasteiger partial charge < -0.3 is 0 Å². The molecule has 0 rings (SSSR count).